The average Bonchev–Trinajstić information content (AvgIpc) is 2.79. The molecule has 130 valence electrons. The smallest absolute Gasteiger partial charge is 0.309 e. The summed E-state index contributed by atoms with van der Waals surface area (Å²) in [6.07, 6.45) is 4.03. The predicted molar refractivity (Wildman–Crippen MR) is 88.7 cm³/mol. The Kier molecular flexibility index (Phi) is 4.61. The van der Waals surface area contributed by atoms with Gasteiger partial charge in [-0.05, 0) is 45.6 Å². The molecule has 0 aliphatic heterocycles. The number of carbonyl (C=O) groups is 3. The first-order valence-electron chi connectivity index (χ1n) is 8.75. The fourth-order valence-electron chi connectivity index (χ4n) is 4.14. The molecule has 5 nitrogen and oxygen atoms in total. The summed E-state index contributed by atoms with van der Waals surface area (Å²) in [5.41, 5.74) is 2.49. The van der Waals surface area contributed by atoms with Gasteiger partial charge in [0.2, 0.25) is 5.78 Å². The summed E-state index contributed by atoms with van der Waals surface area (Å²) in [4.78, 5) is 36.7. The lowest BCUT2D eigenvalue weighted by atomic mass is 9.67. The van der Waals surface area contributed by atoms with Crippen LogP contribution in [0.2, 0.25) is 0 Å². The minimum absolute atomic E-state index is 0.0183. The van der Waals surface area contributed by atoms with Crippen LogP contribution in [0.15, 0.2) is 6.07 Å². The highest BCUT2D eigenvalue weighted by Gasteiger charge is 2.41. The monoisotopic (exact) mass is 331 g/mol. The van der Waals surface area contributed by atoms with Gasteiger partial charge in [0, 0.05) is 35.8 Å². The Labute approximate surface area is 142 Å². The van der Waals surface area contributed by atoms with Crippen LogP contribution in [0, 0.1) is 31.6 Å². The number of fused-ring (bicyclic) bond motifs is 2. The largest absolute Gasteiger partial charge is 0.457 e. The zero-order valence-corrected chi connectivity index (χ0v) is 14.6. The van der Waals surface area contributed by atoms with Crippen LogP contribution in [0.25, 0.3) is 0 Å². The lowest BCUT2D eigenvalue weighted by Gasteiger charge is -2.36. The third kappa shape index (κ3) is 3.04. The van der Waals surface area contributed by atoms with Crippen LogP contribution < -0.4 is 0 Å². The Balaban J connectivity index is 1.58. The van der Waals surface area contributed by atoms with Gasteiger partial charge in [-0.2, -0.15) is 0 Å². The van der Waals surface area contributed by atoms with E-state index in [9.17, 15) is 14.4 Å². The van der Waals surface area contributed by atoms with E-state index in [1.54, 1.807) is 0 Å². The summed E-state index contributed by atoms with van der Waals surface area (Å²) in [7, 11) is 1.91. The molecule has 0 saturated heterocycles. The van der Waals surface area contributed by atoms with E-state index < -0.39 is 0 Å². The quantitative estimate of drug-likeness (QED) is 0.628. The molecule has 3 atom stereocenters. The molecule has 3 rings (SSSR count). The predicted octanol–water partition coefficient (Wildman–Crippen LogP) is 2.76. The number of hydrogen-bond donors (Lipinski definition) is 0. The van der Waals surface area contributed by atoms with Crippen molar-refractivity contribution >= 4 is 17.5 Å². The van der Waals surface area contributed by atoms with Crippen LogP contribution in [-0.4, -0.2) is 28.7 Å². The standard InChI is InChI=1S/C19H25NO4/c1-11-7-16(12(2)20(11)3)17(21)10-24-19(23)15-8-13-5-4-6-14(9-15)18(13)22/h7,13-15H,4-6,8-10H2,1-3H3/t13-,14+,15?. The highest BCUT2D eigenvalue weighted by molar-refractivity contribution is 5.99. The zero-order valence-electron chi connectivity index (χ0n) is 14.6. The molecule has 2 bridgehead atoms. The van der Waals surface area contributed by atoms with E-state index in [2.05, 4.69) is 0 Å². The van der Waals surface area contributed by atoms with Crippen molar-refractivity contribution < 1.29 is 19.1 Å². The molecule has 0 amide bonds. The van der Waals surface area contributed by atoms with Gasteiger partial charge in [-0.15, -0.1) is 0 Å². The van der Waals surface area contributed by atoms with Gasteiger partial charge in [-0.3, -0.25) is 14.4 Å². The van der Waals surface area contributed by atoms with E-state index in [1.165, 1.54) is 0 Å². The molecule has 0 aromatic carbocycles. The molecular formula is C19H25NO4. The third-order valence-corrected chi connectivity index (χ3v) is 5.80. The molecule has 1 aromatic heterocycles. The maximum Gasteiger partial charge on any atom is 0.309 e. The number of esters is 1. The van der Waals surface area contributed by atoms with Gasteiger partial charge in [0.05, 0.1) is 5.92 Å². The number of ether oxygens (including phenoxy) is 1. The molecule has 5 heteroatoms. The minimum Gasteiger partial charge on any atom is -0.457 e. The van der Waals surface area contributed by atoms with Gasteiger partial charge in [0.1, 0.15) is 5.78 Å². The molecule has 1 heterocycles. The zero-order chi connectivity index (χ0) is 17.4. The fourth-order valence-corrected chi connectivity index (χ4v) is 4.14. The summed E-state index contributed by atoms with van der Waals surface area (Å²) in [5.74, 6) is -0.356. The fraction of sp³-hybridized carbons (Fsp3) is 0.632. The van der Waals surface area contributed by atoms with E-state index in [0.717, 1.165) is 30.7 Å². The molecular weight excluding hydrogens is 306 g/mol. The lowest BCUT2D eigenvalue weighted by Crippen LogP contribution is -2.39. The highest BCUT2D eigenvalue weighted by Crippen LogP contribution is 2.40. The SMILES string of the molecule is Cc1cc(C(=O)COC(=O)C2C[C@H]3CCC[C@@H](C2)C3=O)c(C)n1C. The molecule has 0 spiro atoms. The number of ketones is 2. The lowest BCUT2D eigenvalue weighted by molar-refractivity contribution is -0.152. The number of nitrogens with zero attached hydrogens (tertiary/aromatic N) is 1. The molecule has 0 radical (unpaired) electrons. The summed E-state index contributed by atoms with van der Waals surface area (Å²) < 4.78 is 7.24. The Morgan fingerprint density at radius 2 is 1.83 bits per heavy atom. The van der Waals surface area contributed by atoms with Crippen molar-refractivity contribution in [1.82, 2.24) is 4.57 Å². The Bertz CT molecular complexity index is 672. The molecule has 2 aliphatic rings. The van der Waals surface area contributed by atoms with E-state index in [1.807, 2.05) is 31.5 Å². The molecule has 24 heavy (non-hydrogen) atoms. The number of aryl methyl sites for hydroxylation is 1. The second-order valence-electron chi connectivity index (χ2n) is 7.27. The minimum atomic E-state index is -0.321. The van der Waals surface area contributed by atoms with Crippen molar-refractivity contribution in [1.29, 1.82) is 0 Å². The van der Waals surface area contributed by atoms with Crippen molar-refractivity contribution in [3.8, 4) is 0 Å². The summed E-state index contributed by atoms with van der Waals surface area (Å²) >= 11 is 0. The van der Waals surface area contributed by atoms with Gasteiger partial charge in [0.15, 0.2) is 6.61 Å². The van der Waals surface area contributed by atoms with E-state index in [0.29, 0.717) is 24.2 Å². The molecule has 2 saturated carbocycles. The normalized spacial score (nSPS) is 26.3. The number of Topliss-reactive ketones (excluding diaryl/α,β-unsaturated/α-hetero) is 2. The maximum absolute atomic E-state index is 12.3. The maximum atomic E-state index is 12.3. The third-order valence-electron chi connectivity index (χ3n) is 5.80. The Morgan fingerprint density at radius 1 is 1.21 bits per heavy atom. The molecule has 1 aromatic rings. The van der Waals surface area contributed by atoms with Crippen LogP contribution in [0.3, 0.4) is 0 Å². The van der Waals surface area contributed by atoms with Crippen molar-refractivity contribution in [2.24, 2.45) is 24.8 Å². The van der Waals surface area contributed by atoms with Crippen LogP contribution in [0.5, 0.6) is 0 Å². The Morgan fingerprint density at radius 3 is 2.38 bits per heavy atom. The number of rotatable bonds is 4. The van der Waals surface area contributed by atoms with Crippen molar-refractivity contribution in [2.75, 3.05) is 6.61 Å². The van der Waals surface area contributed by atoms with Crippen LogP contribution in [0.1, 0.15) is 53.8 Å². The van der Waals surface area contributed by atoms with Crippen molar-refractivity contribution in [3.63, 3.8) is 0 Å². The van der Waals surface area contributed by atoms with Crippen LogP contribution in [0.4, 0.5) is 0 Å². The summed E-state index contributed by atoms with van der Waals surface area (Å²) in [6, 6.07) is 1.83. The van der Waals surface area contributed by atoms with Crippen molar-refractivity contribution in [3.05, 3.63) is 23.0 Å². The first-order chi connectivity index (χ1) is 11.4. The highest BCUT2D eigenvalue weighted by atomic mass is 16.5. The molecule has 0 N–H and O–H groups in total. The Hall–Kier alpha value is -1.91. The number of hydrogen-bond acceptors (Lipinski definition) is 4. The average molecular weight is 331 g/mol. The molecule has 2 aliphatic carbocycles. The first-order valence-corrected chi connectivity index (χ1v) is 8.75. The molecule has 1 unspecified atom stereocenters. The number of aromatic nitrogens is 1. The van der Waals surface area contributed by atoms with Gasteiger partial charge in [-0.25, -0.2) is 0 Å². The summed E-state index contributed by atoms with van der Waals surface area (Å²) in [5, 5.41) is 0. The van der Waals surface area contributed by atoms with Crippen LogP contribution >= 0.6 is 0 Å². The molecule has 2 fully saturated rings. The summed E-state index contributed by atoms with van der Waals surface area (Å²) in [6.45, 7) is 3.60. The van der Waals surface area contributed by atoms with E-state index >= 15 is 0 Å². The van der Waals surface area contributed by atoms with Gasteiger partial charge in [-0.1, -0.05) is 6.42 Å². The second-order valence-corrected chi connectivity index (χ2v) is 7.27. The second kappa shape index (κ2) is 6.54. The topological polar surface area (TPSA) is 65.4 Å². The van der Waals surface area contributed by atoms with Gasteiger partial charge >= 0.3 is 5.97 Å². The van der Waals surface area contributed by atoms with Crippen molar-refractivity contribution in [2.45, 2.75) is 46.0 Å². The van der Waals surface area contributed by atoms with E-state index in [-0.39, 0.29) is 36.1 Å². The first kappa shape index (κ1) is 16.9. The van der Waals surface area contributed by atoms with E-state index in [4.69, 9.17) is 4.74 Å². The van der Waals surface area contributed by atoms with Gasteiger partial charge < -0.3 is 9.30 Å². The van der Waals surface area contributed by atoms with Gasteiger partial charge in [0.25, 0.3) is 0 Å². The number of carbonyl (C=O) groups excluding carboxylic acids is 3. The van der Waals surface area contributed by atoms with Crippen LogP contribution in [-0.2, 0) is 21.4 Å².